The van der Waals surface area contributed by atoms with Crippen molar-refractivity contribution in [3.8, 4) is 11.1 Å². The molecule has 0 atom stereocenters. The molecule has 6 nitrogen and oxygen atoms in total. The maximum absolute atomic E-state index is 12.7. The van der Waals surface area contributed by atoms with E-state index in [-0.39, 0.29) is 17.5 Å². The van der Waals surface area contributed by atoms with Crippen LogP contribution < -0.4 is 4.90 Å². The van der Waals surface area contributed by atoms with Crippen LogP contribution >= 0.6 is 11.6 Å². The van der Waals surface area contributed by atoms with Gasteiger partial charge in [0, 0.05) is 50.7 Å². The van der Waals surface area contributed by atoms with Crippen molar-refractivity contribution < 1.29 is 9.59 Å². The molecule has 1 aromatic carbocycles. The fourth-order valence-electron chi connectivity index (χ4n) is 4.43. The highest BCUT2D eigenvalue weighted by Gasteiger charge is 2.31. The molecule has 0 bridgehead atoms. The molecule has 0 aliphatic carbocycles. The summed E-state index contributed by atoms with van der Waals surface area (Å²) in [5, 5.41) is 0.339. The van der Waals surface area contributed by atoms with E-state index < -0.39 is 0 Å². The monoisotopic (exact) mass is 432 g/mol. The molecule has 156 valence electrons. The number of pyridine rings is 2. The van der Waals surface area contributed by atoms with E-state index in [0.29, 0.717) is 18.0 Å². The Hall–Kier alpha value is -3.25. The Bertz CT molecular complexity index is 1210. The number of amides is 2. The number of aryl methyl sites for hydroxylation is 1. The molecule has 2 aliphatic rings. The number of carbonyl (C=O) groups is 2. The minimum atomic E-state index is -0.234. The van der Waals surface area contributed by atoms with Gasteiger partial charge in [-0.2, -0.15) is 0 Å². The van der Waals surface area contributed by atoms with Gasteiger partial charge >= 0.3 is 0 Å². The first kappa shape index (κ1) is 19.7. The highest BCUT2D eigenvalue weighted by atomic mass is 35.5. The van der Waals surface area contributed by atoms with Crippen molar-refractivity contribution >= 4 is 29.1 Å². The summed E-state index contributed by atoms with van der Waals surface area (Å²) in [6.07, 6.45) is 7.40. The first-order chi connectivity index (χ1) is 15.0. The topological polar surface area (TPSA) is 66.4 Å². The molecule has 0 spiro atoms. The summed E-state index contributed by atoms with van der Waals surface area (Å²) in [5.41, 5.74) is 6.83. The second-order valence-electron chi connectivity index (χ2n) is 8.02. The van der Waals surface area contributed by atoms with Gasteiger partial charge in [0.25, 0.3) is 5.91 Å². The maximum Gasteiger partial charge on any atom is 0.274 e. The third-order valence-electron chi connectivity index (χ3n) is 5.91. The van der Waals surface area contributed by atoms with Crippen molar-refractivity contribution in [2.45, 2.75) is 25.8 Å². The van der Waals surface area contributed by atoms with Crippen LogP contribution in [0.25, 0.3) is 11.1 Å². The molecular formula is C24H21ClN4O2. The van der Waals surface area contributed by atoms with E-state index in [1.54, 1.807) is 36.5 Å². The molecule has 2 aromatic heterocycles. The molecule has 4 heterocycles. The van der Waals surface area contributed by atoms with E-state index in [2.05, 4.69) is 28.2 Å². The third-order valence-corrected chi connectivity index (χ3v) is 6.21. The number of hydrogen-bond acceptors (Lipinski definition) is 4. The Morgan fingerprint density at radius 2 is 1.94 bits per heavy atom. The van der Waals surface area contributed by atoms with Gasteiger partial charge in [0.2, 0.25) is 5.91 Å². The zero-order valence-corrected chi connectivity index (χ0v) is 17.9. The van der Waals surface area contributed by atoms with Crippen molar-refractivity contribution in [2.24, 2.45) is 0 Å². The smallest absolute Gasteiger partial charge is 0.274 e. The van der Waals surface area contributed by atoms with Crippen LogP contribution in [0.5, 0.6) is 0 Å². The summed E-state index contributed by atoms with van der Waals surface area (Å²) in [6.45, 7) is 1.17. The first-order valence-corrected chi connectivity index (χ1v) is 10.7. The van der Waals surface area contributed by atoms with E-state index in [4.69, 9.17) is 11.6 Å². The number of carbonyl (C=O) groups excluding carboxylic acids is 2. The summed E-state index contributed by atoms with van der Waals surface area (Å²) in [7, 11) is 1.73. The standard InChI is InChI=1S/C24H21ClN4O2/c1-28(24(31)22-20(25)3-2-7-27-22)14-15-9-19(13-26-12-15)18-10-16-4-5-21(30)29-8-6-17(11-18)23(16)29/h2-3,7,9-13H,4-6,8,14H2,1H3. The van der Waals surface area contributed by atoms with Crippen LogP contribution in [-0.4, -0.2) is 40.3 Å². The van der Waals surface area contributed by atoms with Crippen LogP contribution in [-0.2, 0) is 24.2 Å². The fourth-order valence-corrected chi connectivity index (χ4v) is 4.63. The van der Waals surface area contributed by atoms with E-state index >= 15 is 0 Å². The highest BCUT2D eigenvalue weighted by molar-refractivity contribution is 6.33. The quantitative estimate of drug-likeness (QED) is 0.627. The van der Waals surface area contributed by atoms with Gasteiger partial charge in [-0.1, -0.05) is 11.6 Å². The summed E-state index contributed by atoms with van der Waals surface area (Å²) in [5.74, 6) is -0.00824. The van der Waals surface area contributed by atoms with Crippen molar-refractivity contribution in [3.63, 3.8) is 0 Å². The van der Waals surface area contributed by atoms with Gasteiger partial charge in [-0.15, -0.1) is 0 Å². The van der Waals surface area contributed by atoms with E-state index in [1.165, 1.54) is 11.1 Å². The lowest BCUT2D eigenvalue weighted by Gasteiger charge is -2.26. The molecule has 5 rings (SSSR count). The number of aromatic nitrogens is 2. The molecule has 7 heteroatoms. The summed E-state index contributed by atoms with van der Waals surface area (Å²) in [4.78, 5) is 36.9. The highest BCUT2D eigenvalue weighted by Crippen LogP contribution is 2.39. The van der Waals surface area contributed by atoms with E-state index in [1.807, 2.05) is 11.1 Å². The molecule has 0 saturated carbocycles. The molecule has 31 heavy (non-hydrogen) atoms. The van der Waals surface area contributed by atoms with Crippen LogP contribution in [0.15, 0.2) is 48.9 Å². The average molecular weight is 433 g/mol. The zero-order chi connectivity index (χ0) is 21.5. The number of rotatable bonds is 4. The molecule has 0 saturated heterocycles. The van der Waals surface area contributed by atoms with Crippen molar-refractivity contribution in [1.29, 1.82) is 0 Å². The van der Waals surface area contributed by atoms with Crippen molar-refractivity contribution in [3.05, 3.63) is 76.3 Å². The third kappa shape index (κ3) is 3.57. The Balaban J connectivity index is 1.41. The fraction of sp³-hybridized carbons (Fsp3) is 0.250. The van der Waals surface area contributed by atoms with Gasteiger partial charge in [0.15, 0.2) is 0 Å². The van der Waals surface area contributed by atoms with Crippen LogP contribution in [0, 0.1) is 0 Å². The zero-order valence-electron chi connectivity index (χ0n) is 17.1. The predicted molar refractivity (Wildman–Crippen MR) is 119 cm³/mol. The number of hydrogen-bond donors (Lipinski definition) is 0. The van der Waals surface area contributed by atoms with Crippen LogP contribution in [0.2, 0.25) is 5.02 Å². The van der Waals surface area contributed by atoms with Crippen LogP contribution in [0.1, 0.15) is 33.6 Å². The number of anilines is 1. The summed E-state index contributed by atoms with van der Waals surface area (Å²) < 4.78 is 0. The van der Waals surface area contributed by atoms with Gasteiger partial charge in [-0.3, -0.25) is 14.6 Å². The molecule has 0 fully saturated rings. The molecule has 2 amide bonds. The van der Waals surface area contributed by atoms with Crippen molar-refractivity contribution in [2.75, 3.05) is 18.5 Å². The van der Waals surface area contributed by atoms with E-state index in [0.717, 1.165) is 41.8 Å². The Kier molecular flexibility index (Phi) is 4.94. The van der Waals surface area contributed by atoms with Crippen molar-refractivity contribution in [1.82, 2.24) is 14.9 Å². The van der Waals surface area contributed by atoms with Gasteiger partial charge in [-0.25, -0.2) is 4.98 Å². The first-order valence-electron chi connectivity index (χ1n) is 10.3. The molecule has 0 unspecified atom stereocenters. The lowest BCUT2D eigenvalue weighted by Crippen LogP contribution is -2.32. The van der Waals surface area contributed by atoms with Gasteiger partial charge in [0.05, 0.1) is 10.7 Å². The summed E-state index contributed by atoms with van der Waals surface area (Å²) in [6, 6.07) is 9.76. The van der Waals surface area contributed by atoms with Crippen LogP contribution in [0.3, 0.4) is 0 Å². The lowest BCUT2D eigenvalue weighted by molar-refractivity contribution is -0.118. The SMILES string of the molecule is CN(Cc1cncc(-c2cc3c4c(c2)CCN4C(=O)CC3)c1)C(=O)c1ncccc1Cl. The Labute approximate surface area is 185 Å². The molecular weight excluding hydrogens is 412 g/mol. The predicted octanol–water partition coefficient (Wildman–Crippen LogP) is 3.90. The number of benzene rings is 1. The second kappa shape index (κ2) is 7.78. The largest absolute Gasteiger partial charge is 0.336 e. The van der Waals surface area contributed by atoms with Crippen LogP contribution in [0.4, 0.5) is 5.69 Å². The minimum absolute atomic E-state index is 0.225. The average Bonchev–Trinajstić information content (AvgIpc) is 3.22. The maximum atomic E-state index is 12.7. The van der Waals surface area contributed by atoms with Gasteiger partial charge in [-0.05, 0) is 65.4 Å². The number of halogens is 1. The van der Waals surface area contributed by atoms with E-state index in [9.17, 15) is 9.59 Å². The number of nitrogens with zero attached hydrogens (tertiary/aromatic N) is 4. The second-order valence-corrected chi connectivity index (χ2v) is 8.42. The lowest BCUT2D eigenvalue weighted by atomic mass is 9.94. The minimum Gasteiger partial charge on any atom is -0.336 e. The molecule has 0 N–H and O–H groups in total. The van der Waals surface area contributed by atoms with Gasteiger partial charge in [0.1, 0.15) is 5.69 Å². The van der Waals surface area contributed by atoms with Gasteiger partial charge < -0.3 is 9.80 Å². The molecule has 2 aliphatic heterocycles. The molecule has 0 radical (unpaired) electrons. The summed E-state index contributed by atoms with van der Waals surface area (Å²) >= 11 is 6.12. The Morgan fingerprint density at radius 1 is 1.13 bits per heavy atom. The molecule has 3 aromatic rings. The Morgan fingerprint density at radius 3 is 2.74 bits per heavy atom. The normalized spacial score (nSPS) is 14.5.